The zero-order valence-electron chi connectivity index (χ0n) is 11.3. The summed E-state index contributed by atoms with van der Waals surface area (Å²) in [6.45, 7) is 1.55. The van der Waals surface area contributed by atoms with Crippen molar-refractivity contribution in [3.63, 3.8) is 0 Å². The van der Waals surface area contributed by atoms with Crippen LogP contribution in [0.3, 0.4) is 0 Å². The second-order valence-electron chi connectivity index (χ2n) is 4.07. The molecule has 0 bridgehead atoms. The van der Waals surface area contributed by atoms with E-state index < -0.39 is 12.1 Å². The third-order valence-corrected chi connectivity index (χ3v) is 3.19. The fourth-order valence-corrected chi connectivity index (χ4v) is 2.14. The number of nitrogens with one attached hydrogen (secondary N) is 1. The summed E-state index contributed by atoms with van der Waals surface area (Å²) in [6.07, 6.45) is -0.707. The van der Waals surface area contributed by atoms with Crippen LogP contribution in [0.5, 0.6) is 5.75 Å². The van der Waals surface area contributed by atoms with Gasteiger partial charge >= 0.3 is 5.97 Å². The summed E-state index contributed by atoms with van der Waals surface area (Å²) in [5, 5.41) is 11.5. The van der Waals surface area contributed by atoms with Crippen molar-refractivity contribution in [3.8, 4) is 5.75 Å². The molecule has 0 aliphatic heterocycles. The van der Waals surface area contributed by atoms with Gasteiger partial charge in [0.1, 0.15) is 12.4 Å². The number of carbonyl (C=O) groups excluding carboxylic acids is 1. The standard InChI is InChI=1S/C13H15BrClNO5/c1-8(13(19)16-4-5-20-7-12(17)18)21-11-3-2-9(15)6-10(11)14/h2-3,6,8H,4-5,7H2,1H3,(H,16,19)(H,17,18). The fraction of sp³-hybridized carbons (Fsp3) is 0.385. The van der Waals surface area contributed by atoms with E-state index in [0.29, 0.717) is 15.2 Å². The first-order valence-electron chi connectivity index (χ1n) is 6.09. The number of ether oxygens (including phenoxy) is 2. The Labute approximate surface area is 135 Å². The summed E-state index contributed by atoms with van der Waals surface area (Å²) < 4.78 is 11.0. The van der Waals surface area contributed by atoms with Crippen LogP contribution >= 0.6 is 27.5 Å². The maximum atomic E-state index is 11.8. The molecule has 6 nitrogen and oxygen atoms in total. The molecule has 2 N–H and O–H groups in total. The van der Waals surface area contributed by atoms with Crippen molar-refractivity contribution in [3.05, 3.63) is 27.7 Å². The molecule has 8 heteroatoms. The molecule has 0 heterocycles. The number of carboxylic acid groups (broad SMARTS) is 1. The van der Waals surface area contributed by atoms with E-state index in [2.05, 4.69) is 21.2 Å². The zero-order chi connectivity index (χ0) is 15.8. The Morgan fingerprint density at radius 2 is 2.19 bits per heavy atom. The monoisotopic (exact) mass is 379 g/mol. The maximum Gasteiger partial charge on any atom is 0.329 e. The van der Waals surface area contributed by atoms with E-state index in [1.807, 2.05) is 0 Å². The van der Waals surface area contributed by atoms with Crippen molar-refractivity contribution < 1.29 is 24.2 Å². The van der Waals surface area contributed by atoms with Gasteiger partial charge < -0.3 is 19.9 Å². The first-order valence-corrected chi connectivity index (χ1v) is 7.26. The van der Waals surface area contributed by atoms with Crippen molar-refractivity contribution in [2.75, 3.05) is 19.8 Å². The molecule has 1 aromatic carbocycles. The molecule has 1 amide bonds. The number of hydrogen-bond donors (Lipinski definition) is 2. The van der Waals surface area contributed by atoms with Crippen molar-refractivity contribution in [2.24, 2.45) is 0 Å². The summed E-state index contributed by atoms with van der Waals surface area (Å²) >= 11 is 9.11. The molecule has 0 aliphatic carbocycles. The van der Waals surface area contributed by atoms with Gasteiger partial charge in [-0.1, -0.05) is 11.6 Å². The predicted molar refractivity (Wildman–Crippen MR) is 80.7 cm³/mol. The highest BCUT2D eigenvalue weighted by Crippen LogP contribution is 2.28. The molecule has 1 aromatic rings. The van der Waals surface area contributed by atoms with Gasteiger partial charge in [0.05, 0.1) is 11.1 Å². The fourth-order valence-electron chi connectivity index (χ4n) is 1.36. The minimum atomic E-state index is -1.05. The first kappa shape index (κ1) is 17.7. The summed E-state index contributed by atoms with van der Waals surface area (Å²) in [4.78, 5) is 22.0. The molecule has 0 saturated heterocycles. The molecule has 0 fully saturated rings. The predicted octanol–water partition coefficient (Wildman–Crippen LogP) is 2.09. The van der Waals surface area contributed by atoms with Gasteiger partial charge in [0.15, 0.2) is 6.10 Å². The molecule has 0 saturated carbocycles. The average molecular weight is 381 g/mol. The average Bonchev–Trinajstić information content (AvgIpc) is 2.40. The highest BCUT2D eigenvalue weighted by atomic mass is 79.9. The number of carboxylic acids is 1. The molecule has 1 unspecified atom stereocenters. The van der Waals surface area contributed by atoms with Crippen LogP contribution in [0.1, 0.15) is 6.92 Å². The Morgan fingerprint density at radius 1 is 1.48 bits per heavy atom. The van der Waals surface area contributed by atoms with Crippen LogP contribution in [0.15, 0.2) is 22.7 Å². The van der Waals surface area contributed by atoms with Gasteiger partial charge in [-0.15, -0.1) is 0 Å². The highest BCUT2D eigenvalue weighted by Gasteiger charge is 2.15. The van der Waals surface area contributed by atoms with Gasteiger partial charge in [-0.2, -0.15) is 0 Å². The lowest BCUT2D eigenvalue weighted by atomic mass is 10.3. The van der Waals surface area contributed by atoms with Crippen molar-refractivity contribution in [1.82, 2.24) is 5.32 Å². The Balaban J connectivity index is 2.35. The molecule has 0 aromatic heterocycles. The van der Waals surface area contributed by atoms with Crippen LogP contribution in [-0.2, 0) is 14.3 Å². The van der Waals surface area contributed by atoms with E-state index in [9.17, 15) is 9.59 Å². The van der Waals surface area contributed by atoms with Crippen LogP contribution in [0, 0.1) is 0 Å². The second kappa shape index (κ2) is 8.86. The van der Waals surface area contributed by atoms with E-state index >= 15 is 0 Å². The minimum Gasteiger partial charge on any atom is -0.480 e. The van der Waals surface area contributed by atoms with Gasteiger partial charge in [0.2, 0.25) is 0 Å². The Kier molecular flexibility index (Phi) is 7.49. The van der Waals surface area contributed by atoms with Crippen LogP contribution in [0.25, 0.3) is 0 Å². The number of halogens is 2. The second-order valence-corrected chi connectivity index (χ2v) is 5.36. The topological polar surface area (TPSA) is 84.9 Å². The smallest absolute Gasteiger partial charge is 0.329 e. The van der Waals surface area contributed by atoms with Gasteiger partial charge in [0.25, 0.3) is 5.91 Å². The Hall–Kier alpha value is -1.31. The lowest BCUT2D eigenvalue weighted by molar-refractivity contribution is -0.142. The van der Waals surface area contributed by atoms with E-state index in [1.54, 1.807) is 25.1 Å². The third-order valence-electron chi connectivity index (χ3n) is 2.34. The number of hydrogen-bond acceptors (Lipinski definition) is 4. The number of rotatable bonds is 8. The van der Waals surface area contributed by atoms with Crippen molar-refractivity contribution in [1.29, 1.82) is 0 Å². The SMILES string of the molecule is CC(Oc1ccc(Cl)cc1Br)C(=O)NCCOCC(=O)O. The molecule has 116 valence electrons. The summed E-state index contributed by atoms with van der Waals surface area (Å²) in [5.74, 6) is -0.870. The van der Waals surface area contributed by atoms with Gasteiger partial charge in [-0.25, -0.2) is 4.79 Å². The minimum absolute atomic E-state index is 0.120. The van der Waals surface area contributed by atoms with Gasteiger partial charge in [-0.3, -0.25) is 4.79 Å². The molecule has 0 radical (unpaired) electrons. The maximum absolute atomic E-state index is 11.8. The van der Waals surface area contributed by atoms with Crippen molar-refractivity contribution >= 4 is 39.4 Å². The van der Waals surface area contributed by atoms with Crippen molar-refractivity contribution in [2.45, 2.75) is 13.0 Å². The molecule has 0 aliphatic rings. The summed E-state index contributed by atoms with van der Waals surface area (Å²) in [7, 11) is 0. The normalized spacial score (nSPS) is 11.8. The number of benzene rings is 1. The highest BCUT2D eigenvalue weighted by molar-refractivity contribution is 9.10. The largest absolute Gasteiger partial charge is 0.480 e. The molecule has 1 rings (SSSR count). The molecule has 21 heavy (non-hydrogen) atoms. The lowest BCUT2D eigenvalue weighted by Crippen LogP contribution is -2.38. The quantitative estimate of drug-likeness (QED) is 0.675. The van der Waals surface area contributed by atoms with Gasteiger partial charge in [0, 0.05) is 11.6 Å². The van der Waals surface area contributed by atoms with Crippen LogP contribution in [-0.4, -0.2) is 42.8 Å². The van der Waals surface area contributed by atoms with Crippen LogP contribution in [0.2, 0.25) is 5.02 Å². The van der Waals surface area contributed by atoms with Crippen LogP contribution < -0.4 is 10.1 Å². The summed E-state index contributed by atoms with van der Waals surface area (Å²) in [5.41, 5.74) is 0. The molecular weight excluding hydrogens is 366 g/mol. The van der Waals surface area contributed by atoms with Crippen LogP contribution in [0.4, 0.5) is 0 Å². The van der Waals surface area contributed by atoms with E-state index in [0.717, 1.165) is 0 Å². The molecular formula is C13H15BrClNO5. The lowest BCUT2D eigenvalue weighted by Gasteiger charge is -2.15. The molecule has 1 atom stereocenters. The third kappa shape index (κ3) is 6.79. The Bertz CT molecular complexity index is 511. The first-order chi connectivity index (χ1) is 9.90. The van der Waals surface area contributed by atoms with Gasteiger partial charge in [-0.05, 0) is 41.1 Å². The van der Waals surface area contributed by atoms with E-state index in [4.69, 9.17) is 26.2 Å². The number of carbonyl (C=O) groups is 2. The zero-order valence-corrected chi connectivity index (χ0v) is 13.6. The van der Waals surface area contributed by atoms with E-state index in [1.165, 1.54) is 0 Å². The molecule has 0 spiro atoms. The summed E-state index contributed by atoms with van der Waals surface area (Å²) in [6, 6.07) is 4.99. The number of amides is 1. The van der Waals surface area contributed by atoms with E-state index in [-0.39, 0.29) is 25.7 Å². The Morgan fingerprint density at radius 3 is 2.81 bits per heavy atom. The number of aliphatic carboxylic acids is 1.